The zero-order valence-corrected chi connectivity index (χ0v) is 12.7. The molecule has 4 nitrogen and oxygen atoms in total. The molecule has 1 fully saturated rings. The van der Waals surface area contributed by atoms with E-state index < -0.39 is 0 Å². The molecule has 1 aromatic carbocycles. The number of amides is 1. The zero-order chi connectivity index (χ0) is 14.2. The second-order valence-electron chi connectivity index (χ2n) is 4.92. The summed E-state index contributed by atoms with van der Waals surface area (Å²) in [6.45, 7) is 0.964. The summed E-state index contributed by atoms with van der Waals surface area (Å²) in [5.74, 6) is 3.25. The van der Waals surface area contributed by atoms with E-state index in [1.807, 2.05) is 36.0 Å². The zero-order valence-electron chi connectivity index (χ0n) is 11.9. The van der Waals surface area contributed by atoms with E-state index in [1.165, 1.54) is 18.6 Å². The van der Waals surface area contributed by atoms with Gasteiger partial charge in [0.2, 0.25) is 5.91 Å². The van der Waals surface area contributed by atoms with Crippen molar-refractivity contribution < 1.29 is 9.53 Å². The molecule has 0 spiro atoms. The molecule has 20 heavy (non-hydrogen) atoms. The molecule has 0 saturated carbocycles. The lowest BCUT2D eigenvalue weighted by atomic mass is 10.2. The summed E-state index contributed by atoms with van der Waals surface area (Å²) in [4.78, 5) is 11.8. The highest BCUT2D eigenvalue weighted by molar-refractivity contribution is 7.99. The van der Waals surface area contributed by atoms with E-state index in [2.05, 4.69) is 10.6 Å². The van der Waals surface area contributed by atoms with Crippen molar-refractivity contribution in [2.24, 2.45) is 0 Å². The monoisotopic (exact) mass is 294 g/mol. The van der Waals surface area contributed by atoms with E-state index in [0.717, 1.165) is 17.1 Å². The van der Waals surface area contributed by atoms with Crippen LogP contribution in [0.1, 0.15) is 18.4 Å². The van der Waals surface area contributed by atoms with E-state index in [1.54, 1.807) is 7.11 Å². The Bertz CT molecular complexity index is 416. The first-order valence-corrected chi connectivity index (χ1v) is 8.14. The van der Waals surface area contributed by atoms with Gasteiger partial charge in [-0.1, -0.05) is 12.1 Å². The van der Waals surface area contributed by atoms with Gasteiger partial charge in [0.25, 0.3) is 0 Å². The topological polar surface area (TPSA) is 50.4 Å². The van der Waals surface area contributed by atoms with Crippen LogP contribution < -0.4 is 15.4 Å². The molecule has 0 aliphatic carbocycles. The maximum atomic E-state index is 11.8. The molecular formula is C15H22N2O2S. The van der Waals surface area contributed by atoms with Gasteiger partial charge in [0.15, 0.2) is 0 Å². The number of carbonyl (C=O) groups is 1. The van der Waals surface area contributed by atoms with Gasteiger partial charge in [-0.3, -0.25) is 4.79 Å². The Morgan fingerprint density at radius 1 is 1.40 bits per heavy atom. The van der Waals surface area contributed by atoms with E-state index in [9.17, 15) is 4.79 Å². The fraction of sp³-hybridized carbons (Fsp3) is 0.533. The molecule has 1 aromatic rings. The Hall–Kier alpha value is -1.20. The lowest BCUT2D eigenvalue weighted by Crippen LogP contribution is -2.41. The number of carbonyl (C=O) groups excluding carboxylic acids is 1. The van der Waals surface area contributed by atoms with Gasteiger partial charge in [0.1, 0.15) is 5.75 Å². The molecule has 1 heterocycles. The van der Waals surface area contributed by atoms with Crippen molar-refractivity contribution in [2.75, 3.05) is 25.2 Å². The second-order valence-corrected chi connectivity index (χ2v) is 6.07. The first kappa shape index (κ1) is 15.2. The minimum absolute atomic E-state index is 0.0522. The largest absolute Gasteiger partial charge is 0.497 e. The highest BCUT2D eigenvalue weighted by atomic mass is 32.2. The number of ether oxygens (including phenoxy) is 1. The van der Waals surface area contributed by atoms with E-state index >= 15 is 0 Å². The molecule has 1 unspecified atom stereocenters. The molecule has 2 rings (SSSR count). The van der Waals surface area contributed by atoms with E-state index in [0.29, 0.717) is 19.1 Å². The van der Waals surface area contributed by atoms with Crippen LogP contribution in [-0.2, 0) is 11.3 Å². The van der Waals surface area contributed by atoms with Crippen LogP contribution in [-0.4, -0.2) is 37.1 Å². The van der Waals surface area contributed by atoms with E-state index in [-0.39, 0.29) is 5.91 Å². The third-order valence-corrected chi connectivity index (χ3v) is 4.58. The molecule has 0 aromatic heterocycles. The third-order valence-electron chi connectivity index (χ3n) is 3.36. The number of rotatable bonds is 6. The van der Waals surface area contributed by atoms with Crippen LogP contribution in [0, 0.1) is 0 Å². The predicted molar refractivity (Wildman–Crippen MR) is 83.2 cm³/mol. The molecular weight excluding hydrogens is 272 g/mol. The fourth-order valence-electron chi connectivity index (χ4n) is 2.15. The molecule has 0 bridgehead atoms. The van der Waals surface area contributed by atoms with Crippen LogP contribution in [0.4, 0.5) is 0 Å². The standard InChI is InChI=1S/C15H22N2O2S/c1-19-14-6-4-12(5-7-14)9-17-15(18)10-16-13-3-2-8-20-11-13/h4-7,13,16H,2-3,8-11H2,1H3,(H,17,18). The number of hydrogen-bond donors (Lipinski definition) is 2. The number of hydrogen-bond acceptors (Lipinski definition) is 4. The quantitative estimate of drug-likeness (QED) is 0.840. The first-order chi connectivity index (χ1) is 9.78. The lowest BCUT2D eigenvalue weighted by Gasteiger charge is -2.22. The van der Waals surface area contributed by atoms with Crippen molar-refractivity contribution in [3.63, 3.8) is 0 Å². The van der Waals surface area contributed by atoms with Crippen LogP contribution in [0.3, 0.4) is 0 Å². The molecule has 0 radical (unpaired) electrons. The summed E-state index contributed by atoms with van der Waals surface area (Å²) >= 11 is 1.96. The van der Waals surface area contributed by atoms with Crippen LogP contribution in [0.25, 0.3) is 0 Å². The van der Waals surface area contributed by atoms with Crippen molar-refractivity contribution in [3.8, 4) is 5.75 Å². The number of nitrogens with one attached hydrogen (secondary N) is 2. The summed E-state index contributed by atoms with van der Waals surface area (Å²) in [5, 5.41) is 6.25. The molecule has 110 valence electrons. The summed E-state index contributed by atoms with van der Waals surface area (Å²) in [7, 11) is 1.64. The average molecular weight is 294 g/mol. The fourth-order valence-corrected chi connectivity index (χ4v) is 3.25. The van der Waals surface area contributed by atoms with Crippen molar-refractivity contribution in [1.29, 1.82) is 0 Å². The van der Waals surface area contributed by atoms with Gasteiger partial charge in [0.05, 0.1) is 13.7 Å². The molecule has 1 amide bonds. The van der Waals surface area contributed by atoms with Gasteiger partial charge in [-0.2, -0.15) is 11.8 Å². The summed E-state index contributed by atoms with van der Waals surface area (Å²) < 4.78 is 5.10. The van der Waals surface area contributed by atoms with Crippen molar-refractivity contribution >= 4 is 17.7 Å². The van der Waals surface area contributed by atoms with Crippen molar-refractivity contribution in [2.45, 2.75) is 25.4 Å². The second kappa shape index (κ2) is 8.17. The Kier molecular flexibility index (Phi) is 6.21. The van der Waals surface area contributed by atoms with Gasteiger partial charge >= 0.3 is 0 Å². The maximum absolute atomic E-state index is 11.8. The summed E-state index contributed by atoms with van der Waals surface area (Å²) in [5.41, 5.74) is 1.08. The molecule has 1 aliphatic rings. The predicted octanol–water partition coefficient (Wildman–Crippen LogP) is 1.80. The van der Waals surface area contributed by atoms with Gasteiger partial charge in [-0.05, 0) is 36.3 Å². The minimum Gasteiger partial charge on any atom is -0.497 e. The number of thioether (sulfide) groups is 1. The van der Waals surface area contributed by atoms with Crippen LogP contribution in [0.5, 0.6) is 5.75 Å². The molecule has 1 atom stereocenters. The van der Waals surface area contributed by atoms with E-state index in [4.69, 9.17) is 4.74 Å². The highest BCUT2D eigenvalue weighted by Crippen LogP contribution is 2.16. The number of benzene rings is 1. The highest BCUT2D eigenvalue weighted by Gasteiger charge is 2.13. The average Bonchev–Trinajstić information content (AvgIpc) is 2.52. The van der Waals surface area contributed by atoms with Gasteiger partial charge in [-0.25, -0.2) is 0 Å². The molecule has 1 aliphatic heterocycles. The third kappa shape index (κ3) is 5.06. The minimum atomic E-state index is 0.0522. The SMILES string of the molecule is COc1ccc(CNC(=O)CNC2CCCSC2)cc1. The summed E-state index contributed by atoms with van der Waals surface area (Å²) in [6.07, 6.45) is 2.43. The lowest BCUT2D eigenvalue weighted by molar-refractivity contribution is -0.120. The molecule has 5 heteroatoms. The van der Waals surface area contributed by atoms with Gasteiger partial charge in [0, 0.05) is 18.3 Å². The normalized spacial score (nSPS) is 18.6. The first-order valence-electron chi connectivity index (χ1n) is 6.98. The molecule has 1 saturated heterocycles. The van der Waals surface area contributed by atoms with Crippen LogP contribution in [0.15, 0.2) is 24.3 Å². The Morgan fingerprint density at radius 2 is 2.20 bits per heavy atom. The Labute approximate surface area is 124 Å². The maximum Gasteiger partial charge on any atom is 0.234 e. The molecule has 2 N–H and O–H groups in total. The Balaban J connectivity index is 1.66. The number of methoxy groups -OCH3 is 1. The van der Waals surface area contributed by atoms with Gasteiger partial charge < -0.3 is 15.4 Å². The van der Waals surface area contributed by atoms with Crippen molar-refractivity contribution in [1.82, 2.24) is 10.6 Å². The Morgan fingerprint density at radius 3 is 2.85 bits per heavy atom. The van der Waals surface area contributed by atoms with Gasteiger partial charge in [-0.15, -0.1) is 0 Å². The smallest absolute Gasteiger partial charge is 0.234 e. The summed E-state index contributed by atoms with van der Waals surface area (Å²) in [6, 6.07) is 8.22. The van der Waals surface area contributed by atoms with Crippen LogP contribution >= 0.6 is 11.8 Å². The van der Waals surface area contributed by atoms with Crippen LogP contribution in [0.2, 0.25) is 0 Å². The van der Waals surface area contributed by atoms with Crippen molar-refractivity contribution in [3.05, 3.63) is 29.8 Å².